The average molecular weight is 399 g/mol. The number of nitrogens with one attached hydrogen (secondary N) is 3. The molecule has 0 radical (unpaired) electrons. The molecule has 1 aromatic rings. The predicted molar refractivity (Wildman–Crippen MR) is 107 cm³/mol. The third-order valence-electron chi connectivity index (χ3n) is 3.20. The summed E-state index contributed by atoms with van der Waals surface area (Å²) in [5, 5.41) is 8.90. The first-order chi connectivity index (χ1) is 12.5. The quantitative estimate of drug-likeness (QED) is 0.366. The first-order valence-corrected chi connectivity index (χ1v) is 10.7. The molecular formula is C18H30N4O4S. The lowest BCUT2D eigenvalue weighted by Gasteiger charge is -2.19. The van der Waals surface area contributed by atoms with E-state index in [1.165, 1.54) is 6.26 Å². The molecule has 0 heterocycles. The number of hydrogen-bond donors (Lipinski definition) is 3. The number of carbonyl (C=O) groups is 1. The molecule has 0 saturated carbocycles. The van der Waals surface area contributed by atoms with Crippen molar-refractivity contribution < 1.29 is 17.9 Å². The number of hydrogen-bond acceptors (Lipinski definition) is 5. The van der Waals surface area contributed by atoms with Gasteiger partial charge >= 0.3 is 6.09 Å². The van der Waals surface area contributed by atoms with Crippen molar-refractivity contribution in [2.45, 2.75) is 44.7 Å². The minimum Gasteiger partial charge on any atom is -0.444 e. The van der Waals surface area contributed by atoms with Crippen LogP contribution in [-0.4, -0.2) is 52.0 Å². The molecule has 0 spiro atoms. The van der Waals surface area contributed by atoms with Crippen LogP contribution in [0.2, 0.25) is 0 Å². The minimum atomic E-state index is -3.20. The van der Waals surface area contributed by atoms with Gasteiger partial charge in [0.2, 0.25) is 0 Å². The number of carbonyl (C=O) groups excluding carboxylic acids is 1. The Bertz CT molecular complexity index is 738. The topological polar surface area (TPSA) is 109 Å². The van der Waals surface area contributed by atoms with E-state index in [2.05, 4.69) is 20.9 Å². The number of benzene rings is 1. The molecule has 0 aromatic heterocycles. The van der Waals surface area contributed by atoms with Crippen molar-refractivity contribution in [3.8, 4) is 0 Å². The van der Waals surface area contributed by atoms with Gasteiger partial charge in [0.25, 0.3) is 0 Å². The molecule has 9 heteroatoms. The van der Waals surface area contributed by atoms with E-state index < -0.39 is 21.5 Å². The zero-order valence-electron chi connectivity index (χ0n) is 16.6. The average Bonchev–Trinajstić information content (AvgIpc) is 2.54. The summed E-state index contributed by atoms with van der Waals surface area (Å²) in [7, 11) is -3.20. The van der Waals surface area contributed by atoms with E-state index >= 15 is 0 Å². The van der Waals surface area contributed by atoms with Crippen LogP contribution in [0.25, 0.3) is 0 Å². The molecule has 152 valence electrons. The summed E-state index contributed by atoms with van der Waals surface area (Å²) in [5.41, 5.74) is 0.368. The number of guanidine groups is 1. The van der Waals surface area contributed by atoms with Gasteiger partial charge in [-0.2, -0.15) is 0 Å². The Morgan fingerprint density at radius 2 is 1.67 bits per heavy atom. The van der Waals surface area contributed by atoms with Crippen molar-refractivity contribution >= 4 is 21.9 Å². The van der Waals surface area contributed by atoms with Crippen molar-refractivity contribution in [1.29, 1.82) is 0 Å². The Kier molecular flexibility index (Phi) is 8.55. The second-order valence-corrected chi connectivity index (χ2v) is 8.98. The van der Waals surface area contributed by atoms with Gasteiger partial charge in [-0.1, -0.05) is 12.1 Å². The zero-order valence-corrected chi connectivity index (χ0v) is 17.4. The van der Waals surface area contributed by atoms with Gasteiger partial charge in [0, 0.05) is 25.9 Å². The van der Waals surface area contributed by atoms with Gasteiger partial charge in [-0.3, -0.25) is 0 Å². The van der Waals surface area contributed by atoms with Crippen LogP contribution in [0.4, 0.5) is 4.79 Å². The van der Waals surface area contributed by atoms with Crippen molar-refractivity contribution in [2.75, 3.05) is 25.9 Å². The molecule has 0 aliphatic rings. The molecule has 0 bridgehead atoms. The number of nitrogens with zero attached hydrogens (tertiary/aromatic N) is 1. The Balaban J connectivity index is 2.51. The first-order valence-electron chi connectivity index (χ1n) is 8.79. The largest absolute Gasteiger partial charge is 0.444 e. The highest BCUT2D eigenvalue weighted by Crippen LogP contribution is 2.11. The molecule has 0 aliphatic heterocycles. The van der Waals surface area contributed by atoms with Crippen LogP contribution in [-0.2, 0) is 21.1 Å². The van der Waals surface area contributed by atoms with Gasteiger partial charge in [-0.25, -0.2) is 18.2 Å². The maximum atomic E-state index is 11.6. The summed E-state index contributed by atoms with van der Waals surface area (Å²) in [6, 6.07) is 6.64. The lowest BCUT2D eigenvalue weighted by Crippen LogP contribution is -2.42. The van der Waals surface area contributed by atoms with Crippen LogP contribution < -0.4 is 16.0 Å². The Hall–Kier alpha value is -2.29. The highest BCUT2D eigenvalue weighted by molar-refractivity contribution is 7.90. The molecule has 0 unspecified atom stereocenters. The molecule has 27 heavy (non-hydrogen) atoms. The number of rotatable bonds is 7. The molecule has 1 amide bonds. The van der Waals surface area contributed by atoms with E-state index in [4.69, 9.17) is 4.74 Å². The van der Waals surface area contributed by atoms with Crippen LogP contribution in [0, 0.1) is 0 Å². The van der Waals surface area contributed by atoms with Gasteiger partial charge in [0.05, 0.1) is 11.4 Å². The van der Waals surface area contributed by atoms with Gasteiger partial charge in [-0.15, -0.1) is 0 Å². The summed E-state index contributed by atoms with van der Waals surface area (Å²) in [4.78, 5) is 16.3. The second-order valence-electron chi connectivity index (χ2n) is 6.97. The smallest absolute Gasteiger partial charge is 0.407 e. The summed E-state index contributed by atoms with van der Waals surface area (Å²) in [6.45, 7) is 9.35. The number of sulfone groups is 1. The van der Waals surface area contributed by atoms with Crippen molar-refractivity contribution in [2.24, 2.45) is 4.99 Å². The van der Waals surface area contributed by atoms with Gasteiger partial charge < -0.3 is 20.7 Å². The molecule has 0 saturated heterocycles. The summed E-state index contributed by atoms with van der Waals surface area (Å²) in [5.74, 6) is 0.607. The van der Waals surface area contributed by atoms with Crippen LogP contribution >= 0.6 is 0 Å². The molecule has 1 rings (SSSR count). The van der Waals surface area contributed by atoms with Crippen LogP contribution in [0.5, 0.6) is 0 Å². The SMILES string of the molecule is CCNC(=NCc1ccc(S(C)(=O)=O)cc1)NCCNC(=O)OC(C)(C)C. The highest BCUT2D eigenvalue weighted by atomic mass is 32.2. The third-order valence-corrected chi connectivity index (χ3v) is 4.33. The molecule has 0 aliphatic carbocycles. The van der Waals surface area contributed by atoms with E-state index in [1.54, 1.807) is 24.3 Å². The standard InChI is InChI=1S/C18H30N4O4S/c1-6-19-16(20-11-12-21-17(23)26-18(2,3)4)22-13-14-7-9-15(10-8-14)27(5,24)25/h7-10H,6,11-13H2,1-5H3,(H,21,23)(H2,19,20,22). The van der Waals surface area contributed by atoms with Crippen molar-refractivity contribution in [1.82, 2.24) is 16.0 Å². The fourth-order valence-corrected chi connectivity index (χ4v) is 2.64. The van der Waals surface area contributed by atoms with E-state index in [1.807, 2.05) is 27.7 Å². The number of amides is 1. The molecule has 0 atom stereocenters. The summed E-state index contributed by atoms with van der Waals surface area (Å²) >= 11 is 0. The number of ether oxygens (including phenoxy) is 1. The maximum absolute atomic E-state index is 11.6. The number of aliphatic imine (C=N–C) groups is 1. The van der Waals surface area contributed by atoms with Crippen LogP contribution in [0.3, 0.4) is 0 Å². The van der Waals surface area contributed by atoms with E-state index in [-0.39, 0.29) is 4.90 Å². The molecule has 3 N–H and O–H groups in total. The normalized spacial score (nSPS) is 12.4. The Morgan fingerprint density at radius 1 is 1.07 bits per heavy atom. The summed E-state index contributed by atoms with van der Waals surface area (Å²) < 4.78 is 28.1. The fourth-order valence-electron chi connectivity index (χ4n) is 2.01. The Labute approximate surface area is 161 Å². The first kappa shape index (κ1) is 22.8. The monoisotopic (exact) mass is 398 g/mol. The molecular weight excluding hydrogens is 368 g/mol. The van der Waals surface area contributed by atoms with Crippen LogP contribution in [0.1, 0.15) is 33.3 Å². The van der Waals surface area contributed by atoms with Gasteiger partial charge in [0.15, 0.2) is 15.8 Å². The maximum Gasteiger partial charge on any atom is 0.407 e. The van der Waals surface area contributed by atoms with Crippen molar-refractivity contribution in [3.05, 3.63) is 29.8 Å². The number of alkyl carbamates (subject to hydrolysis) is 1. The second kappa shape index (κ2) is 10.1. The fraction of sp³-hybridized carbons (Fsp3) is 0.556. The zero-order chi connectivity index (χ0) is 20.5. The van der Waals surface area contributed by atoms with Gasteiger partial charge in [-0.05, 0) is 45.4 Å². The van der Waals surface area contributed by atoms with Crippen LogP contribution in [0.15, 0.2) is 34.2 Å². The highest BCUT2D eigenvalue weighted by Gasteiger charge is 2.15. The molecule has 0 fully saturated rings. The van der Waals surface area contributed by atoms with Crippen molar-refractivity contribution in [3.63, 3.8) is 0 Å². The summed E-state index contributed by atoms with van der Waals surface area (Å²) in [6.07, 6.45) is 0.718. The van der Waals surface area contributed by atoms with E-state index in [0.717, 1.165) is 5.56 Å². The minimum absolute atomic E-state index is 0.286. The van der Waals surface area contributed by atoms with E-state index in [0.29, 0.717) is 32.1 Å². The lowest BCUT2D eigenvalue weighted by atomic mass is 10.2. The molecule has 8 nitrogen and oxygen atoms in total. The predicted octanol–water partition coefficient (Wildman–Crippen LogP) is 1.67. The van der Waals surface area contributed by atoms with E-state index in [9.17, 15) is 13.2 Å². The Morgan fingerprint density at radius 3 is 2.19 bits per heavy atom. The lowest BCUT2D eigenvalue weighted by molar-refractivity contribution is 0.0529. The third kappa shape index (κ3) is 9.83. The molecule has 1 aromatic carbocycles. The van der Waals surface area contributed by atoms with Gasteiger partial charge in [0.1, 0.15) is 5.60 Å².